The Morgan fingerprint density at radius 3 is 2.56 bits per heavy atom. The molecule has 4 rings (SSSR count). The first-order valence-electron chi connectivity index (χ1n) is 8.99. The van der Waals surface area contributed by atoms with Gasteiger partial charge in [-0.15, -0.1) is 0 Å². The van der Waals surface area contributed by atoms with E-state index in [4.69, 9.17) is 0 Å². The Bertz CT molecular complexity index is 903. The molecule has 7 heteroatoms. The summed E-state index contributed by atoms with van der Waals surface area (Å²) in [5.74, 6) is 0.518. The molecule has 3 aromatic rings. The molecule has 3 heterocycles. The van der Waals surface area contributed by atoms with E-state index < -0.39 is 0 Å². The standard InChI is InChI=1S/C20H20N6O/c27-19(15-4-2-9-22-13-15)24-16-5-6-17(11-16)25-20-23-10-7-18(26-20)14-3-1-8-21-12-14/h1-4,7-10,12-13,16-17H,5-6,11H2,(H,24,27)(H,23,25,26)/t16-,17-/m0/s1. The first-order chi connectivity index (χ1) is 13.3. The molecule has 0 radical (unpaired) electrons. The predicted octanol–water partition coefficient (Wildman–Crippen LogP) is 2.70. The monoisotopic (exact) mass is 360 g/mol. The summed E-state index contributed by atoms with van der Waals surface area (Å²) in [6.07, 6.45) is 11.2. The molecule has 0 aromatic carbocycles. The third kappa shape index (κ3) is 4.25. The molecule has 2 atom stereocenters. The molecular weight excluding hydrogens is 340 g/mol. The highest BCUT2D eigenvalue weighted by Crippen LogP contribution is 2.23. The summed E-state index contributed by atoms with van der Waals surface area (Å²) in [5, 5.41) is 6.47. The van der Waals surface area contributed by atoms with Gasteiger partial charge in [0.05, 0.1) is 11.3 Å². The van der Waals surface area contributed by atoms with Crippen molar-refractivity contribution >= 4 is 11.9 Å². The van der Waals surface area contributed by atoms with Crippen molar-refractivity contribution in [3.8, 4) is 11.3 Å². The second-order valence-electron chi connectivity index (χ2n) is 6.57. The Kier molecular flexibility index (Phi) is 5.00. The zero-order valence-corrected chi connectivity index (χ0v) is 14.7. The summed E-state index contributed by atoms with van der Waals surface area (Å²) >= 11 is 0. The maximum Gasteiger partial charge on any atom is 0.253 e. The zero-order valence-electron chi connectivity index (χ0n) is 14.7. The lowest BCUT2D eigenvalue weighted by atomic mass is 10.2. The number of anilines is 1. The number of nitrogens with zero attached hydrogens (tertiary/aromatic N) is 4. The van der Waals surface area contributed by atoms with Crippen molar-refractivity contribution in [1.82, 2.24) is 25.3 Å². The maximum absolute atomic E-state index is 12.3. The van der Waals surface area contributed by atoms with Crippen LogP contribution in [0.2, 0.25) is 0 Å². The molecule has 1 saturated carbocycles. The first kappa shape index (κ1) is 17.1. The number of nitrogens with one attached hydrogen (secondary N) is 2. The van der Waals surface area contributed by atoms with Crippen LogP contribution in [0.3, 0.4) is 0 Å². The molecule has 7 nitrogen and oxygen atoms in total. The van der Waals surface area contributed by atoms with Crippen LogP contribution in [0.1, 0.15) is 29.6 Å². The predicted molar refractivity (Wildman–Crippen MR) is 102 cm³/mol. The molecule has 136 valence electrons. The fraction of sp³-hybridized carbons (Fsp3) is 0.250. The van der Waals surface area contributed by atoms with E-state index in [9.17, 15) is 4.79 Å². The Morgan fingerprint density at radius 1 is 0.963 bits per heavy atom. The second-order valence-corrected chi connectivity index (χ2v) is 6.57. The molecule has 0 spiro atoms. The minimum Gasteiger partial charge on any atom is -0.351 e. The lowest BCUT2D eigenvalue weighted by Crippen LogP contribution is -2.34. The zero-order chi connectivity index (χ0) is 18.5. The highest BCUT2D eigenvalue weighted by Gasteiger charge is 2.26. The van der Waals surface area contributed by atoms with Crippen molar-refractivity contribution in [3.05, 3.63) is 66.9 Å². The molecule has 27 heavy (non-hydrogen) atoms. The van der Waals surface area contributed by atoms with Gasteiger partial charge in [-0.3, -0.25) is 14.8 Å². The fourth-order valence-corrected chi connectivity index (χ4v) is 3.30. The van der Waals surface area contributed by atoms with Gasteiger partial charge in [-0.2, -0.15) is 0 Å². The van der Waals surface area contributed by atoms with Gasteiger partial charge in [0.2, 0.25) is 5.95 Å². The molecule has 0 bridgehead atoms. The summed E-state index contributed by atoms with van der Waals surface area (Å²) in [6, 6.07) is 9.62. The van der Waals surface area contributed by atoms with E-state index in [1.807, 2.05) is 18.2 Å². The molecule has 0 unspecified atom stereocenters. The van der Waals surface area contributed by atoms with Crippen LogP contribution >= 0.6 is 0 Å². The van der Waals surface area contributed by atoms with Gasteiger partial charge in [-0.05, 0) is 49.6 Å². The van der Waals surface area contributed by atoms with Crippen LogP contribution in [-0.4, -0.2) is 37.9 Å². The number of carbonyl (C=O) groups excluding carboxylic acids is 1. The molecule has 1 aliphatic carbocycles. The van der Waals surface area contributed by atoms with Crippen molar-refractivity contribution in [2.75, 3.05) is 5.32 Å². The normalized spacial score (nSPS) is 18.8. The number of rotatable bonds is 5. The van der Waals surface area contributed by atoms with Crippen molar-refractivity contribution in [3.63, 3.8) is 0 Å². The van der Waals surface area contributed by atoms with Crippen LogP contribution in [0.4, 0.5) is 5.95 Å². The van der Waals surface area contributed by atoms with Crippen LogP contribution in [0.15, 0.2) is 61.3 Å². The van der Waals surface area contributed by atoms with Gasteiger partial charge in [0.25, 0.3) is 5.91 Å². The molecule has 0 aliphatic heterocycles. The second kappa shape index (κ2) is 7.90. The van der Waals surface area contributed by atoms with Crippen LogP contribution in [-0.2, 0) is 0 Å². The minimum absolute atomic E-state index is 0.0800. The van der Waals surface area contributed by atoms with Crippen molar-refractivity contribution in [1.29, 1.82) is 0 Å². The summed E-state index contributed by atoms with van der Waals surface area (Å²) in [6.45, 7) is 0. The van der Waals surface area contributed by atoms with E-state index in [0.717, 1.165) is 30.5 Å². The van der Waals surface area contributed by atoms with Gasteiger partial charge in [0, 0.05) is 48.6 Å². The van der Waals surface area contributed by atoms with Gasteiger partial charge >= 0.3 is 0 Å². The third-order valence-corrected chi connectivity index (χ3v) is 4.64. The number of hydrogen-bond donors (Lipinski definition) is 2. The SMILES string of the molecule is O=C(N[C@H]1CC[C@H](Nc2nccc(-c3cccnc3)n2)C1)c1cccnc1. The minimum atomic E-state index is -0.0800. The smallest absolute Gasteiger partial charge is 0.253 e. The molecule has 3 aromatic heterocycles. The number of hydrogen-bond acceptors (Lipinski definition) is 6. The van der Waals surface area contributed by atoms with E-state index in [1.165, 1.54) is 0 Å². The number of carbonyl (C=O) groups is 1. The van der Waals surface area contributed by atoms with Gasteiger partial charge in [0.15, 0.2) is 0 Å². The van der Waals surface area contributed by atoms with Gasteiger partial charge < -0.3 is 10.6 Å². The average Bonchev–Trinajstić information content (AvgIpc) is 3.16. The fourth-order valence-electron chi connectivity index (χ4n) is 3.30. The number of aromatic nitrogens is 4. The summed E-state index contributed by atoms with van der Waals surface area (Å²) in [7, 11) is 0. The van der Waals surface area contributed by atoms with Crippen LogP contribution < -0.4 is 10.6 Å². The lowest BCUT2D eigenvalue weighted by Gasteiger charge is -2.15. The van der Waals surface area contributed by atoms with E-state index >= 15 is 0 Å². The molecule has 1 aliphatic rings. The summed E-state index contributed by atoms with van der Waals surface area (Å²) in [4.78, 5) is 29.3. The molecule has 0 saturated heterocycles. The summed E-state index contributed by atoms with van der Waals surface area (Å²) in [5.41, 5.74) is 2.37. The Labute approximate surface area is 157 Å². The Morgan fingerprint density at radius 2 is 1.78 bits per heavy atom. The number of pyridine rings is 2. The molecular formula is C20H20N6O. The van der Waals surface area contributed by atoms with Crippen LogP contribution in [0.5, 0.6) is 0 Å². The number of amides is 1. The van der Waals surface area contributed by atoms with E-state index in [0.29, 0.717) is 11.5 Å². The molecule has 1 fully saturated rings. The first-order valence-corrected chi connectivity index (χ1v) is 8.99. The van der Waals surface area contributed by atoms with Gasteiger partial charge in [-0.25, -0.2) is 9.97 Å². The highest BCUT2D eigenvalue weighted by atomic mass is 16.1. The topological polar surface area (TPSA) is 92.7 Å². The van der Waals surface area contributed by atoms with E-state index in [2.05, 4.69) is 30.6 Å². The summed E-state index contributed by atoms with van der Waals surface area (Å²) < 4.78 is 0. The van der Waals surface area contributed by atoms with Gasteiger partial charge in [-0.1, -0.05) is 0 Å². The average molecular weight is 360 g/mol. The quantitative estimate of drug-likeness (QED) is 0.727. The Balaban J connectivity index is 1.36. The van der Waals surface area contributed by atoms with E-state index in [1.54, 1.807) is 43.1 Å². The van der Waals surface area contributed by atoms with Crippen molar-refractivity contribution in [2.45, 2.75) is 31.3 Å². The lowest BCUT2D eigenvalue weighted by molar-refractivity contribution is 0.0937. The Hall–Kier alpha value is -3.35. The molecule has 2 N–H and O–H groups in total. The van der Waals surface area contributed by atoms with Gasteiger partial charge in [0.1, 0.15) is 0 Å². The highest BCUT2D eigenvalue weighted by molar-refractivity contribution is 5.94. The van der Waals surface area contributed by atoms with Crippen LogP contribution in [0.25, 0.3) is 11.3 Å². The molecule has 1 amide bonds. The van der Waals surface area contributed by atoms with E-state index in [-0.39, 0.29) is 18.0 Å². The van der Waals surface area contributed by atoms with Crippen molar-refractivity contribution in [2.24, 2.45) is 0 Å². The largest absolute Gasteiger partial charge is 0.351 e. The third-order valence-electron chi connectivity index (χ3n) is 4.64. The van der Waals surface area contributed by atoms with Crippen molar-refractivity contribution < 1.29 is 4.79 Å². The maximum atomic E-state index is 12.3. The van der Waals surface area contributed by atoms with Crippen LogP contribution in [0, 0.1) is 0 Å².